The zero-order chi connectivity index (χ0) is 28.1. The van der Waals surface area contributed by atoms with E-state index < -0.39 is 29.9 Å². The van der Waals surface area contributed by atoms with Crippen LogP contribution in [0.2, 0.25) is 5.02 Å². The lowest BCUT2D eigenvalue weighted by Crippen LogP contribution is -2.46. The molecule has 12 heteroatoms. The molecule has 3 amide bonds. The number of halogens is 2. The zero-order valence-electron chi connectivity index (χ0n) is 21.2. The number of hydrogen-bond acceptors (Lipinski definition) is 6. The molecule has 3 aromatic rings. The first-order chi connectivity index (χ1) is 18.7. The van der Waals surface area contributed by atoms with Crippen LogP contribution in [0.3, 0.4) is 0 Å². The van der Waals surface area contributed by atoms with Gasteiger partial charge in [-0.1, -0.05) is 42.5 Å². The predicted octanol–water partition coefficient (Wildman–Crippen LogP) is 3.65. The van der Waals surface area contributed by atoms with Crippen molar-refractivity contribution in [1.29, 1.82) is 0 Å². The maximum atomic E-state index is 14.4. The number of allylic oxidation sites excluding steroid dienone is 2. The summed E-state index contributed by atoms with van der Waals surface area (Å²) in [6.07, 6.45) is 1.64. The second-order valence-corrected chi connectivity index (χ2v) is 9.39. The Kier molecular flexibility index (Phi) is 8.50. The summed E-state index contributed by atoms with van der Waals surface area (Å²) in [5, 5.41) is 15.5. The van der Waals surface area contributed by atoms with Crippen LogP contribution in [0.4, 0.5) is 4.39 Å². The number of amides is 3. The molecule has 10 nitrogen and oxygen atoms in total. The third-order valence-electron chi connectivity index (χ3n) is 6.36. The molecule has 2 heterocycles. The molecule has 2 atom stereocenters. The van der Waals surface area contributed by atoms with Gasteiger partial charge in [-0.15, -0.1) is 0 Å². The van der Waals surface area contributed by atoms with Crippen LogP contribution in [0.15, 0.2) is 71.5 Å². The molecule has 0 spiro atoms. The minimum absolute atomic E-state index is 0.0271. The van der Waals surface area contributed by atoms with E-state index in [2.05, 4.69) is 27.2 Å². The fourth-order valence-electron chi connectivity index (χ4n) is 4.51. The van der Waals surface area contributed by atoms with Gasteiger partial charge in [0.2, 0.25) is 11.8 Å². The number of likely N-dealkylation sites (tertiary alicyclic amines) is 1. The van der Waals surface area contributed by atoms with Gasteiger partial charge in [-0.05, 0) is 35.4 Å². The number of rotatable bonds is 9. The lowest BCUT2D eigenvalue weighted by Gasteiger charge is -2.23. The average Bonchev–Trinajstić information content (AvgIpc) is 3.48. The van der Waals surface area contributed by atoms with Gasteiger partial charge < -0.3 is 16.0 Å². The normalized spacial score (nSPS) is 17.6. The number of alkyl halides is 1. The van der Waals surface area contributed by atoms with Crippen molar-refractivity contribution in [3.63, 3.8) is 0 Å². The highest BCUT2D eigenvalue weighted by molar-refractivity contribution is 6.30. The first-order valence-corrected chi connectivity index (χ1v) is 12.5. The zero-order valence-corrected chi connectivity index (χ0v) is 21.9. The summed E-state index contributed by atoms with van der Waals surface area (Å²) >= 11 is 6.00. The largest absolute Gasteiger partial charge is 0.364 e. The number of nitrogens with zero attached hydrogens (tertiary/aromatic N) is 5. The molecule has 0 bridgehead atoms. The average molecular weight is 552 g/mol. The van der Waals surface area contributed by atoms with Gasteiger partial charge in [0.1, 0.15) is 18.8 Å². The van der Waals surface area contributed by atoms with E-state index in [4.69, 9.17) is 17.3 Å². The highest BCUT2D eigenvalue weighted by Crippen LogP contribution is 2.26. The maximum Gasteiger partial charge on any atom is 0.269 e. The summed E-state index contributed by atoms with van der Waals surface area (Å²) in [7, 11) is 1.53. The van der Waals surface area contributed by atoms with Crippen LogP contribution < -0.4 is 11.1 Å². The second kappa shape index (κ2) is 12.0. The summed E-state index contributed by atoms with van der Waals surface area (Å²) in [5.74, 6) is -1.76. The number of aromatic nitrogens is 2. The van der Waals surface area contributed by atoms with E-state index in [0.717, 1.165) is 5.56 Å². The smallest absolute Gasteiger partial charge is 0.269 e. The topological polar surface area (TPSA) is 135 Å². The SMILES string of the molecule is C=C/C(=C\N=N/C)c1ccc2c(c1)c(C(N)=O)nn2CC(=O)N1C[C@H](F)C[C@H]1C(=O)NCc1cccc(Cl)c1. The molecule has 0 saturated carbocycles. The number of carbonyl (C=O) groups excluding carboxylic acids is 3. The fourth-order valence-corrected chi connectivity index (χ4v) is 4.72. The van der Waals surface area contributed by atoms with Crippen LogP contribution in [0.25, 0.3) is 16.5 Å². The molecule has 202 valence electrons. The molecule has 39 heavy (non-hydrogen) atoms. The Hall–Kier alpha value is -4.38. The van der Waals surface area contributed by atoms with Gasteiger partial charge in [-0.2, -0.15) is 15.3 Å². The van der Waals surface area contributed by atoms with E-state index in [0.29, 0.717) is 27.1 Å². The Bertz CT molecular complexity index is 1500. The minimum atomic E-state index is -1.35. The molecule has 1 fully saturated rings. The van der Waals surface area contributed by atoms with Crippen LogP contribution in [0.5, 0.6) is 0 Å². The van der Waals surface area contributed by atoms with Gasteiger partial charge in [0.15, 0.2) is 5.69 Å². The molecule has 0 radical (unpaired) electrons. The van der Waals surface area contributed by atoms with Gasteiger partial charge >= 0.3 is 0 Å². The monoisotopic (exact) mass is 551 g/mol. The van der Waals surface area contributed by atoms with Crippen molar-refractivity contribution in [3.05, 3.63) is 83.2 Å². The van der Waals surface area contributed by atoms with E-state index in [1.807, 2.05) is 0 Å². The number of fused-ring (bicyclic) bond motifs is 1. The Balaban J connectivity index is 1.56. The third-order valence-corrected chi connectivity index (χ3v) is 6.60. The van der Waals surface area contributed by atoms with Crippen molar-refractivity contribution in [1.82, 2.24) is 20.0 Å². The molecule has 0 aliphatic carbocycles. The number of carbonyl (C=O) groups is 3. The Morgan fingerprint density at radius 3 is 2.77 bits per heavy atom. The quantitative estimate of drug-likeness (QED) is 0.310. The lowest BCUT2D eigenvalue weighted by molar-refractivity contribution is -0.139. The molecule has 1 aromatic heterocycles. The summed E-state index contributed by atoms with van der Waals surface area (Å²) in [5.41, 5.74) is 8.13. The molecule has 1 aliphatic rings. The van der Waals surface area contributed by atoms with Crippen LogP contribution in [-0.4, -0.2) is 58.2 Å². The Labute approximate surface area is 229 Å². The molecule has 2 aromatic carbocycles. The number of primary amides is 1. The van der Waals surface area contributed by atoms with Gasteiger partial charge in [0.25, 0.3) is 5.91 Å². The number of benzene rings is 2. The molecule has 0 unspecified atom stereocenters. The second-order valence-electron chi connectivity index (χ2n) is 8.95. The van der Waals surface area contributed by atoms with Crippen molar-refractivity contribution in [2.45, 2.75) is 31.7 Å². The summed E-state index contributed by atoms with van der Waals surface area (Å²) in [4.78, 5) is 39.6. The van der Waals surface area contributed by atoms with Gasteiger partial charge in [-0.25, -0.2) is 4.39 Å². The van der Waals surface area contributed by atoms with Gasteiger partial charge in [-0.3, -0.25) is 19.1 Å². The van der Waals surface area contributed by atoms with E-state index in [1.54, 1.807) is 48.5 Å². The molecule has 4 rings (SSSR count). The van der Waals surface area contributed by atoms with E-state index in [9.17, 15) is 18.8 Å². The lowest BCUT2D eigenvalue weighted by atomic mass is 10.0. The Morgan fingerprint density at radius 2 is 2.08 bits per heavy atom. The van der Waals surface area contributed by atoms with Gasteiger partial charge in [0, 0.05) is 36.0 Å². The first-order valence-electron chi connectivity index (χ1n) is 12.1. The summed E-state index contributed by atoms with van der Waals surface area (Å²) in [6.45, 7) is 3.42. The molecular weight excluding hydrogens is 525 g/mol. The molecular formula is C27H27ClFN7O3. The van der Waals surface area contributed by atoms with E-state index in [-0.39, 0.29) is 31.7 Å². The molecule has 1 saturated heterocycles. The highest BCUT2D eigenvalue weighted by atomic mass is 35.5. The van der Waals surface area contributed by atoms with Crippen LogP contribution in [-0.2, 0) is 22.7 Å². The Morgan fingerprint density at radius 1 is 1.28 bits per heavy atom. The van der Waals surface area contributed by atoms with E-state index >= 15 is 0 Å². The third kappa shape index (κ3) is 6.20. The van der Waals surface area contributed by atoms with Gasteiger partial charge in [0.05, 0.1) is 18.3 Å². The van der Waals surface area contributed by atoms with Crippen molar-refractivity contribution in [2.24, 2.45) is 16.0 Å². The maximum absolute atomic E-state index is 14.4. The van der Waals surface area contributed by atoms with Crippen molar-refractivity contribution < 1.29 is 18.8 Å². The first kappa shape index (κ1) is 27.6. The van der Waals surface area contributed by atoms with Crippen molar-refractivity contribution in [2.75, 3.05) is 13.6 Å². The van der Waals surface area contributed by atoms with Crippen molar-refractivity contribution >= 4 is 45.8 Å². The fraction of sp³-hybridized carbons (Fsp3) is 0.259. The van der Waals surface area contributed by atoms with Crippen LogP contribution in [0, 0.1) is 0 Å². The van der Waals surface area contributed by atoms with E-state index in [1.165, 1.54) is 22.8 Å². The summed E-state index contributed by atoms with van der Waals surface area (Å²) in [6, 6.07) is 11.1. The van der Waals surface area contributed by atoms with Crippen LogP contribution >= 0.6 is 11.6 Å². The molecule has 1 aliphatic heterocycles. The standard InChI is InChI=1S/C27H27ClFN7O3/c1-3-17(13-33-31-2)18-7-8-22-21(10-18)25(26(30)38)34-36(22)15-24(37)35-14-20(29)11-23(35)27(39)32-12-16-5-4-6-19(28)9-16/h3-10,13,20,23H,1,11-12,14-15H2,2H3,(H2,30,38)(H,32,39)/b17-13+,33-31-/t20-,23+/m1/s1. The predicted molar refractivity (Wildman–Crippen MR) is 146 cm³/mol. The van der Waals surface area contributed by atoms with Crippen molar-refractivity contribution in [3.8, 4) is 0 Å². The number of nitrogens with one attached hydrogen (secondary N) is 1. The number of nitrogens with two attached hydrogens (primary N) is 1. The highest BCUT2D eigenvalue weighted by Gasteiger charge is 2.40. The summed E-state index contributed by atoms with van der Waals surface area (Å²) < 4.78 is 15.7. The molecule has 3 N–H and O–H groups in total. The number of hydrogen-bond donors (Lipinski definition) is 2. The number of azo groups is 1. The van der Waals surface area contributed by atoms with Crippen LogP contribution in [0.1, 0.15) is 28.0 Å². The minimum Gasteiger partial charge on any atom is -0.364 e.